The van der Waals surface area contributed by atoms with Crippen LogP contribution in [0.15, 0.2) is 66.5 Å². The number of rotatable bonds is 5. The molecule has 0 bridgehead atoms. The van der Waals surface area contributed by atoms with E-state index in [0.717, 1.165) is 48.0 Å². The maximum Gasteiger partial charge on any atom is 0.277 e. The zero-order chi connectivity index (χ0) is 21.4. The van der Waals surface area contributed by atoms with E-state index in [9.17, 15) is 9.59 Å². The van der Waals surface area contributed by atoms with Gasteiger partial charge < -0.3 is 9.88 Å². The Bertz CT molecular complexity index is 1160. The lowest BCUT2D eigenvalue weighted by Gasteiger charge is -2.33. The van der Waals surface area contributed by atoms with Gasteiger partial charge in [-0.2, -0.15) is 0 Å². The number of amides is 2. The molecule has 2 aliphatic rings. The molecular weight excluding hydrogens is 386 g/mol. The molecule has 1 atom stereocenters. The summed E-state index contributed by atoms with van der Waals surface area (Å²) in [5.74, 6) is 0.184. The number of hydrogen-bond donors (Lipinski definition) is 1. The fraction of sp³-hybridized carbons (Fsp3) is 0.308. The van der Waals surface area contributed by atoms with E-state index in [2.05, 4.69) is 22.9 Å². The first-order valence-electron chi connectivity index (χ1n) is 11.1. The topological polar surface area (TPSA) is 56.4 Å². The maximum atomic E-state index is 13.5. The number of aromatic amines is 1. The predicted molar refractivity (Wildman–Crippen MR) is 122 cm³/mol. The van der Waals surface area contributed by atoms with Gasteiger partial charge in [0.25, 0.3) is 11.8 Å². The van der Waals surface area contributed by atoms with Gasteiger partial charge in [-0.05, 0) is 42.4 Å². The van der Waals surface area contributed by atoms with Gasteiger partial charge in [0, 0.05) is 36.7 Å². The highest BCUT2D eigenvalue weighted by molar-refractivity contribution is 6.35. The molecule has 0 spiro atoms. The van der Waals surface area contributed by atoms with Gasteiger partial charge in [0.15, 0.2) is 0 Å². The number of benzene rings is 2. The Morgan fingerprint density at radius 3 is 2.58 bits per heavy atom. The number of carbonyl (C=O) groups excluding carboxylic acids is 2. The monoisotopic (exact) mass is 413 g/mol. The lowest BCUT2D eigenvalue weighted by molar-refractivity contribution is -0.137. The van der Waals surface area contributed by atoms with Gasteiger partial charge in [0.1, 0.15) is 5.70 Å². The summed E-state index contributed by atoms with van der Waals surface area (Å²) in [6.07, 6.45) is 4.82. The molecule has 1 fully saturated rings. The van der Waals surface area contributed by atoms with E-state index in [1.165, 1.54) is 4.90 Å². The summed E-state index contributed by atoms with van der Waals surface area (Å²) in [6.45, 7) is 4.24. The quantitative estimate of drug-likeness (QED) is 0.637. The Hall–Kier alpha value is -3.34. The van der Waals surface area contributed by atoms with Crippen molar-refractivity contribution in [1.29, 1.82) is 0 Å². The lowest BCUT2D eigenvalue weighted by atomic mass is 9.98. The van der Waals surface area contributed by atoms with Crippen molar-refractivity contribution in [2.24, 2.45) is 5.92 Å². The number of hydrogen-bond acceptors (Lipinski definition) is 3. The molecule has 5 heteroatoms. The molecule has 0 radical (unpaired) electrons. The number of aromatic nitrogens is 1. The lowest BCUT2D eigenvalue weighted by Crippen LogP contribution is -2.39. The second kappa shape index (κ2) is 8.06. The first-order chi connectivity index (χ1) is 15.1. The van der Waals surface area contributed by atoms with Crippen LogP contribution in [0.1, 0.15) is 30.9 Å². The molecule has 5 nitrogen and oxygen atoms in total. The molecule has 2 aromatic carbocycles. The second-order valence-corrected chi connectivity index (χ2v) is 8.65. The normalized spacial score (nSPS) is 19.7. The van der Waals surface area contributed by atoms with Crippen LogP contribution in [-0.2, 0) is 16.0 Å². The molecule has 5 rings (SSSR count). The summed E-state index contributed by atoms with van der Waals surface area (Å²) >= 11 is 0. The molecule has 1 saturated heterocycles. The van der Waals surface area contributed by atoms with Gasteiger partial charge >= 0.3 is 0 Å². The van der Waals surface area contributed by atoms with Crippen LogP contribution >= 0.6 is 0 Å². The number of nitrogens with one attached hydrogen (secondary N) is 1. The summed E-state index contributed by atoms with van der Waals surface area (Å²) in [5, 5.41) is 1.14. The highest BCUT2D eigenvalue weighted by Gasteiger charge is 2.41. The smallest absolute Gasteiger partial charge is 0.277 e. The number of imide groups is 1. The van der Waals surface area contributed by atoms with Crippen LogP contribution < -0.4 is 0 Å². The van der Waals surface area contributed by atoms with E-state index in [4.69, 9.17) is 0 Å². The van der Waals surface area contributed by atoms with Crippen molar-refractivity contribution < 1.29 is 9.59 Å². The Balaban J connectivity index is 1.45. The van der Waals surface area contributed by atoms with Gasteiger partial charge in [-0.15, -0.1) is 0 Å². The molecule has 1 aromatic heterocycles. The van der Waals surface area contributed by atoms with Crippen molar-refractivity contribution >= 4 is 28.3 Å². The summed E-state index contributed by atoms with van der Waals surface area (Å²) in [5.41, 5.74) is 4.16. The number of para-hydroxylation sites is 1. The van der Waals surface area contributed by atoms with E-state index < -0.39 is 0 Å². The molecule has 3 heterocycles. The van der Waals surface area contributed by atoms with Gasteiger partial charge in [-0.3, -0.25) is 14.5 Å². The van der Waals surface area contributed by atoms with Crippen LogP contribution in [0.25, 0.3) is 16.5 Å². The van der Waals surface area contributed by atoms with Gasteiger partial charge in [0.05, 0.1) is 5.57 Å². The number of piperidine rings is 1. The number of likely N-dealkylation sites (tertiary alicyclic amines) is 1. The standard InChI is InChI=1S/C26H27N3O2/c1-18-8-7-14-28(17-18)24-23(19-9-3-2-4-10-19)25(30)29(26(24)31)15-13-20-16-27-22-12-6-5-11-21(20)22/h2-6,9-12,16,18,27H,7-8,13-15,17H2,1H3. The van der Waals surface area contributed by atoms with E-state index in [-0.39, 0.29) is 11.8 Å². The third-order valence-electron chi connectivity index (χ3n) is 6.46. The zero-order valence-corrected chi connectivity index (χ0v) is 17.8. The van der Waals surface area contributed by atoms with E-state index >= 15 is 0 Å². The van der Waals surface area contributed by atoms with Crippen LogP contribution in [0.4, 0.5) is 0 Å². The SMILES string of the molecule is CC1CCCN(C2=C(c3ccccc3)C(=O)N(CCc3c[nH]c4ccccc34)C2=O)C1. The Labute approximate surface area is 182 Å². The predicted octanol–water partition coefficient (Wildman–Crippen LogP) is 4.22. The fourth-order valence-corrected chi connectivity index (χ4v) is 4.89. The number of nitrogens with zero attached hydrogens (tertiary/aromatic N) is 2. The molecule has 0 aliphatic carbocycles. The average Bonchev–Trinajstić information content (AvgIpc) is 3.31. The molecule has 31 heavy (non-hydrogen) atoms. The first kappa shape index (κ1) is 19.6. The Morgan fingerprint density at radius 1 is 1.00 bits per heavy atom. The highest BCUT2D eigenvalue weighted by Crippen LogP contribution is 2.34. The molecule has 2 amide bonds. The number of H-pyrrole nitrogens is 1. The second-order valence-electron chi connectivity index (χ2n) is 8.65. The van der Waals surface area contributed by atoms with Crippen LogP contribution in [0.3, 0.4) is 0 Å². The average molecular weight is 414 g/mol. The van der Waals surface area contributed by atoms with Gasteiger partial charge in [-0.1, -0.05) is 55.5 Å². The van der Waals surface area contributed by atoms with Crippen LogP contribution in [0.5, 0.6) is 0 Å². The Kier molecular flexibility index (Phi) is 5.10. The largest absolute Gasteiger partial charge is 0.366 e. The van der Waals surface area contributed by atoms with E-state index in [1.54, 1.807) is 0 Å². The van der Waals surface area contributed by atoms with Crippen LogP contribution in [0.2, 0.25) is 0 Å². The van der Waals surface area contributed by atoms with Gasteiger partial charge in [-0.25, -0.2) is 0 Å². The summed E-state index contributed by atoms with van der Waals surface area (Å²) in [4.78, 5) is 33.9. The van der Waals surface area contributed by atoms with Crippen molar-refractivity contribution in [2.45, 2.75) is 26.2 Å². The molecule has 3 aromatic rings. The van der Waals surface area contributed by atoms with Crippen molar-refractivity contribution in [1.82, 2.24) is 14.8 Å². The minimum Gasteiger partial charge on any atom is -0.366 e. The molecule has 158 valence electrons. The van der Waals surface area contributed by atoms with Crippen LogP contribution in [0, 0.1) is 5.92 Å². The minimum absolute atomic E-state index is 0.155. The third kappa shape index (κ3) is 3.54. The number of fused-ring (bicyclic) bond motifs is 1. The first-order valence-corrected chi connectivity index (χ1v) is 11.1. The fourth-order valence-electron chi connectivity index (χ4n) is 4.89. The molecular formula is C26H27N3O2. The molecule has 0 saturated carbocycles. The van der Waals surface area contributed by atoms with E-state index in [1.807, 2.05) is 54.7 Å². The number of carbonyl (C=O) groups is 2. The van der Waals surface area contributed by atoms with Crippen molar-refractivity contribution in [3.8, 4) is 0 Å². The minimum atomic E-state index is -0.177. The summed E-state index contributed by atoms with van der Waals surface area (Å²) in [6, 6.07) is 17.8. The molecule has 1 N–H and O–H groups in total. The van der Waals surface area contributed by atoms with E-state index in [0.29, 0.717) is 30.2 Å². The van der Waals surface area contributed by atoms with Crippen LogP contribution in [-0.4, -0.2) is 46.2 Å². The van der Waals surface area contributed by atoms with Crippen molar-refractivity contribution in [2.75, 3.05) is 19.6 Å². The van der Waals surface area contributed by atoms with Crippen molar-refractivity contribution in [3.63, 3.8) is 0 Å². The zero-order valence-electron chi connectivity index (χ0n) is 17.8. The highest BCUT2D eigenvalue weighted by atomic mass is 16.2. The summed E-state index contributed by atoms with van der Waals surface area (Å²) < 4.78 is 0. The Morgan fingerprint density at radius 2 is 1.77 bits per heavy atom. The maximum absolute atomic E-state index is 13.5. The third-order valence-corrected chi connectivity index (χ3v) is 6.46. The van der Waals surface area contributed by atoms with Crippen molar-refractivity contribution in [3.05, 3.63) is 77.6 Å². The van der Waals surface area contributed by atoms with Gasteiger partial charge in [0.2, 0.25) is 0 Å². The summed E-state index contributed by atoms with van der Waals surface area (Å²) in [7, 11) is 0. The molecule has 1 unspecified atom stereocenters. The molecule has 2 aliphatic heterocycles.